The van der Waals surface area contributed by atoms with Crippen LogP contribution in [0.3, 0.4) is 0 Å². The highest BCUT2D eigenvalue weighted by molar-refractivity contribution is 6.01. The monoisotopic (exact) mass is 504 g/mol. The van der Waals surface area contributed by atoms with Gasteiger partial charge >= 0.3 is 0 Å². The molecule has 0 spiro atoms. The summed E-state index contributed by atoms with van der Waals surface area (Å²) in [6.45, 7) is 0.657. The van der Waals surface area contributed by atoms with Gasteiger partial charge in [0.15, 0.2) is 5.82 Å². The SMILES string of the molecule is N#CC(=CC1CC1)C(=O)N1CCCC1Cc1cnc(-c2ccc(Oc3ccccc3)cc2)c2c(N)n[nH]c12. The standard InChI is InChI=1S/C30H28N6O2/c31-17-21(15-19-8-9-19)30(37)36-14-4-5-23(36)16-22-18-33-27(26-28(22)34-35-29(26)32)20-10-12-25(13-11-20)38-24-6-2-1-3-7-24/h1-3,6-7,10-13,15,18-19,23H,4-5,8-9,14,16H2,(H3,32,34,35). The van der Waals surface area contributed by atoms with E-state index in [-0.39, 0.29) is 17.5 Å². The topological polar surface area (TPSA) is 121 Å². The van der Waals surface area contributed by atoms with Crippen LogP contribution in [0.4, 0.5) is 5.82 Å². The third-order valence-corrected chi connectivity index (χ3v) is 7.28. The van der Waals surface area contributed by atoms with Gasteiger partial charge in [0.1, 0.15) is 23.1 Å². The molecule has 2 fully saturated rings. The number of hydrogen-bond acceptors (Lipinski definition) is 6. The normalized spacial score (nSPS) is 17.5. The molecule has 4 aromatic rings. The maximum atomic E-state index is 13.2. The van der Waals surface area contributed by atoms with Gasteiger partial charge in [-0.1, -0.05) is 24.3 Å². The van der Waals surface area contributed by atoms with Gasteiger partial charge in [-0.25, -0.2) is 0 Å². The van der Waals surface area contributed by atoms with Crippen molar-refractivity contribution >= 4 is 22.6 Å². The maximum absolute atomic E-state index is 13.2. The molecule has 1 amide bonds. The fourth-order valence-electron chi connectivity index (χ4n) is 5.16. The molecule has 1 aliphatic heterocycles. The molecule has 3 N–H and O–H groups in total. The van der Waals surface area contributed by atoms with Gasteiger partial charge in [0.05, 0.1) is 16.6 Å². The number of nitrogens with two attached hydrogens (primary N) is 1. The first-order chi connectivity index (χ1) is 18.6. The number of aromatic nitrogens is 3. The summed E-state index contributed by atoms with van der Waals surface area (Å²) in [7, 11) is 0. The van der Waals surface area contributed by atoms with Crippen molar-refractivity contribution in [1.82, 2.24) is 20.1 Å². The fraction of sp³-hybridized carbons (Fsp3) is 0.267. The van der Waals surface area contributed by atoms with Gasteiger partial charge in [0.25, 0.3) is 5.91 Å². The molecule has 1 saturated carbocycles. The minimum atomic E-state index is -0.162. The van der Waals surface area contributed by atoms with Gasteiger partial charge in [0.2, 0.25) is 0 Å². The van der Waals surface area contributed by atoms with E-state index >= 15 is 0 Å². The summed E-state index contributed by atoms with van der Waals surface area (Å²) >= 11 is 0. The molecule has 8 nitrogen and oxygen atoms in total. The Labute approximate surface area is 220 Å². The second-order valence-electron chi connectivity index (χ2n) is 9.96. The molecule has 1 atom stereocenters. The lowest BCUT2D eigenvalue weighted by atomic mass is 10.00. The molecular formula is C30H28N6O2. The second-order valence-corrected chi connectivity index (χ2v) is 9.96. The highest BCUT2D eigenvalue weighted by atomic mass is 16.5. The smallest absolute Gasteiger partial charge is 0.264 e. The van der Waals surface area contributed by atoms with E-state index in [0.717, 1.165) is 64.9 Å². The molecular weight excluding hydrogens is 476 g/mol. The summed E-state index contributed by atoms with van der Waals surface area (Å²) in [5.41, 5.74) is 9.97. The maximum Gasteiger partial charge on any atom is 0.264 e. The van der Waals surface area contributed by atoms with Gasteiger partial charge in [-0.2, -0.15) is 10.4 Å². The minimum Gasteiger partial charge on any atom is -0.457 e. The summed E-state index contributed by atoms with van der Waals surface area (Å²) in [5, 5.41) is 17.7. The van der Waals surface area contributed by atoms with Crippen molar-refractivity contribution in [3.63, 3.8) is 0 Å². The van der Waals surface area contributed by atoms with Crippen LogP contribution in [-0.2, 0) is 11.2 Å². The number of anilines is 1. The van der Waals surface area contributed by atoms with Crippen molar-refractivity contribution in [2.45, 2.75) is 38.1 Å². The molecule has 2 aliphatic rings. The number of carbonyl (C=O) groups is 1. The highest BCUT2D eigenvalue weighted by Gasteiger charge is 2.32. The van der Waals surface area contributed by atoms with E-state index in [1.54, 1.807) is 0 Å². The number of carbonyl (C=O) groups excluding carboxylic acids is 1. The fourth-order valence-corrected chi connectivity index (χ4v) is 5.16. The Morgan fingerprint density at radius 2 is 1.89 bits per heavy atom. The van der Waals surface area contributed by atoms with Crippen LogP contribution in [0, 0.1) is 17.2 Å². The lowest BCUT2D eigenvalue weighted by Gasteiger charge is -2.25. The Hall–Kier alpha value is -4.64. The first kappa shape index (κ1) is 23.7. The molecule has 2 aromatic heterocycles. The first-order valence-electron chi connectivity index (χ1n) is 13.0. The lowest BCUT2D eigenvalue weighted by Crippen LogP contribution is -2.37. The number of para-hydroxylation sites is 1. The molecule has 3 heterocycles. The Bertz CT molecular complexity index is 1550. The number of nitrogens with zero attached hydrogens (tertiary/aromatic N) is 4. The number of pyridine rings is 1. The predicted octanol–water partition coefficient (Wildman–Crippen LogP) is 5.39. The third-order valence-electron chi connectivity index (χ3n) is 7.28. The number of rotatable bonds is 7. The van der Waals surface area contributed by atoms with Gasteiger partial charge in [-0.05, 0) is 80.0 Å². The van der Waals surface area contributed by atoms with E-state index in [4.69, 9.17) is 15.5 Å². The number of likely N-dealkylation sites (tertiary alicyclic amines) is 1. The van der Waals surface area contributed by atoms with E-state index in [2.05, 4.69) is 16.3 Å². The number of fused-ring (bicyclic) bond motifs is 1. The Balaban J connectivity index is 1.25. The lowest BCUT2D eigenvalue weighted by molar-refractivity contribution is -0.127. The number of nitriles is 1. The Morgan fingerprint density at radius 3 is 2.63 bits per heavy atom. The zero-order chi connectivity index (χ0) is 26.1. The first-order valence-corrected chi connectivity index (χ1v) is 13.0. The van der Waals surface area contributed by atoms with Crippen LogP contribution in [0.15, 0.2) is 72.4 Å². The van der Waals surface area contributed by atoms with Crippen molar-refractivity contribution in [1.29, 1.82) is 5.26 Å². The summed E-state index contributed by atoms with van der Waals surface area (Å²) < 4.78 is 5.92. The van der Waals surface area contributed by atoms with Crippen molar-refractivity contribution in [2.75, 3.05) is 12.3 Å². The van der Waals surface area contributed by atoms with Gasteiger partial charge in [0, 0.05) is 24.3 Å². The molecule has 38 heavy (non-hydrogen) atoms. The van der Waals surface area contributed by atoms with Gasteiger partial charge < -0.3 is 15.4 Å². The summed E-state index contributed by atoms with van der Waals surface area (Å²) in [6.07, 6.45) is 8.21. The van der Waals surface area contributed by atoms with E-state index in [1.807, 2.05) is 71.8 Å². The molecule has 1 unspecified atom stereocenters. The third kappa shape index (κ3) is 4.71. The van der Waals surface area contributed by atoms with Crippen molar-refractivity contribution in [3.8, 4) is 28.8 Å². The van der Waals surface area contributed by atoms with Crippen molar-refractivity contribution < 1.29 is 9.53 Å². The molecule has 6 rings (SSSR count). The largest absolute Gasteiger partial charge is 0.457 e. The quantitative estimate of drug-likeness (QED) is 0.257. The number of nitrogens with one attached hydrogen (secondary N) is 1. The molecule has 0 radical (unpaired) electrons. The Morgan fingerprint density at radius 1 is 1.13 bits per heavy atom. The van der Waals surface area contributed by atoms with Crippen LogP contribution in [0.2, 0.25) is 0 Å². The van der Waals surface area contributed by atoms with Crippen LogP contribution in [0.25, 0.3) is 22.2 Å². The Kier molecular flexibility index (Phi) is 6.26. The molecule has 1 saturated heterocycles. The molecule has 1 aliphatic carbocycles. The number of hydrogen-bond donors (Lipinski definition) is 2. The van der Waals surface area contributed by atoms with Gasteiger partial charge in [-0.3, -0.25) is 14.9 Å². The van der Waals surface area contributed by atoms with E-state index in [1.165, 1.54) is 0 Å². The summed E-state index contributed by atoms with van der Waals surface area (Å²) in [5.74, 6) is 2.09. The van der Waals surface area contributed by atoms with E-state index in [0.29, 0.717) is 24.7 Å². The number of H-pyrrole nitrogens is 1. The average Bonchev–Trinajstić information content (AvgIpc) is 3.51. The highest BCUT2D eigenvalue weighted by Crippen LogP contribution is 2.35. The van der Waals surface area contributed by atoms with Crippen LogP contribution >= 0.6 is 0 Å². The van der Waals surface area contributed by atoms with Crippen LogP contribution in [0.5, 0.6) is 11.5 Å². The minimum absolute atomic E-state index is 0.00625. The predicted molar refractivity (Wildman–Crippen MR) is 145 cm³/mol. The van der Waals surface area contributed by atoms with Crippen LogP contribution in [0.1, 0.15) is 31.2 Å². The number of benzene rings is 2. The summed E-state index contributed by atoms with van der Waals surface area (Å²) in [4.78, 5) is 19.8. The number of allylic oxidation sites excluding steroid dienone is 1. The zero-order valence-electron chi connectivity index (χ0n) is 20.9. The molecule has 8 heteroatoms. The van der Waals surface area contributed by atoms with E-state index in [9.17, 15) is 10.1 Å². The average molecular weight is 505 g/mol. The molecule has 0 bridgehead atoms. The second kappa shape index (κ2) is 10.0. The van der Waals surface area contributed by atoms with Crippen molar-refractivity contribution in [3.05, 3.63) is 78.0 Å². The molecule has 190 valence electrons. The number of nitrogen functional groups attached to an aromatic ring is 1. The zero-order valence-corrected chi connectivity index (χ0v) is 20.9. The van der Waals surface area contributed by atoms with E-state index < -0.39 is 0 Å². The number of ether oxygens (including phenoxy) is 1. The van der Waals surface area contributed by atoms with Crippen molar-refractivity contribution in [2.24, 2.45) is 5.92 Å². The number of aromatic amines is 1. The number of amides is 1. The van der Waals surface area contributed by atoms with Crippen LogP contribution in [-0.4, -0.2) is 38.6 Å². The molecule has 2 aromatic carbocycles. The van der Waals surface area contributed by atoms with Gasteiger partial charge in [-0.15, -0.1) is 0 Å². The summed E-state index contributed by atoms with van der Waals surface area (Å²) in [6, 6.07) is 19.5. The van der Waals surface area contributed by atoms with Crippen LogP contribution < -0.4 is 10.5 Å².